The summed E-state index contributed by atoms with van der Waals surface area (Å²) >= 11 is 0. The molecule has 0 unspecified atom stereocenters. The van der Waals surface area contributed by atoms with Crippen LogP contribution >= 0.6 is 0 Å². The molecule has 0 aliphatic carbocycles. The van der Waals surface area contributed by atoms with Crippen LogP contribution in [0.25, 0.3) is 0 Å². The molecule has 0 heterocycles. The van der Waals surface area contributed by atoms with Crippen LogP contribution in [0.5, 0.6) is 0 Å². The number of carbonyl (C=O) groups is 1. The molecule has 0 fully saturated rings. The van der Waals surface area contributed by atoms with Crippen LogP contribution in [0.4, 0.5) is 10.5 Å². The summed E-state index contributed by atoms with van der Waals surface area (Å²) in [5.74, 6) is 0.371. The highest BCUT2D eigenvalue weighted by Crippen LogP contribution is 2.10. The van der Waals surface area contributed by atoms with Gasteiger partial charge < -0.3 is 4.74 Å². The molecule has 0 aromatic heterocycles. The SMILES string of the molecule is C=C(C)OC(=O)Nc1cccc(C)c1. The van der Waals surface area contributed by atoms with Gasteiger partial charge >= 0.3 is 6.09 Å². The number of carbonyl (C=O) groups excluding carboxylic acids is 1. The van der Waals surface area contributed by atoms with Crippen LogP contribution in [0.2, 0.25) is 0 Å². The zero-order valence-electron chi connectivity index (χ0n) is 8.33. The van der Waals surface area contributed by atoms with Crippen molar-refractivity contribution in [3.05, 3.63) is 42.2 Å². The van der Waals surface area contributed by atoms with Crippen molar-refractivity contribution in [3.63, 3.8) is 0 Å². The summed E-state index contributed by atoms with van der Waals surface area (Å²) in [6.45, 7) is 7.05. The molecule has 1 N–H and O–H groups in total. The number of nitrogens with one attached hydrogen (secondary N) is 1. The number of amides is 1. The highest BCUT2D eigenvalue weighted by Gasteiger charge is 2.02. The van der Waals surface area contributed by atoms with Crippen LogP contribution in [-0.4, -0.2) is 6.09 Å². The first-order valence-electron chi connectivity index (χ1n) is 4.29. The van der Waals surface area contributed by atoms with E-state index in [2.05, 4.69) is 11.9 Å². The molecule has 1 aromatic rings. The molecule has 1 amide bonds. The van der Waals surface area contributed by atoms with E-state index in [1.165, 1.54) is 0 Å². The Labute approximate surface area is 83.4 Å². The minimum atomic E-state index is -0.511. The molecule has 0 saturated heterocycles. The lowest BCUT2D eigenvalue weighted by Gasteiger charge is -2.05. The Morgan fingerprint density at radius 1 is 1.50 bits per heavy atom. The molecule has 14 heavy (non-hydrogen) atoms. The summed E-state index contributed by atoms with van der Waals surface area (Å²) in [4.78, 5) is 11.1. The largest absolute Gasteiger partial charge is 0.416 e. The predicted octanol–water partition coefficient (Wildman–Crippen LogP) is 3.08. The predicted molar refractivity (Wildman–Crippen MR) is 56.1 cm³/mol. The quantitative estimate of drug-likeness (QED) is 0.729. The van der Waals surface area contributed by atoms with Gasteiger partial charge in [-0.25, -0.2) is 4.79 Å². The third kappa shape index (κ3) is 3.31. The minimum absolute atomic E-state index is 0.371. The fourth-order valence-corrected chi connectivity index (χ4v) is 1.02. The van der Waals surface area contributed by atoms with Crippen LogP contribution in [0.15, 0.2) is 36.6 Å². The number of rotatable bonds is 2. The number of ether oxygens (including phenoxy) is 1. The van der Waals surface area contributed by atoms with Crippen molar-refractivity contribution >= 4 is 11.8 Å². The molecule has 3 nitrogen and oxygen atoms in total. The van der Waals surface area contributed by atoms with Gasteiger partial charge in [-0.1, -0.05) is 18.7 Å². The van der Waals surface area contributed by atoms with E-state index in [1.54, 1.807) is 13.0 Å². The standard InChI is InChI=1S/C11H13NO2/c1-8(2)14-11(13)12-10-6-4-5-9(3)7-10/h4-7H,1H2,2-3H3,(H,12,13). The fourth-order valence-electron chi connectivity index (χ4n) is 1.02. The molecule has 1 rings (SSSR count). The van der Waals surface area contributed by atoms with Crippen molar-refractivity contribution in [2.45, 2.75) is 13.8 Å². The maximum atomic E-state index is 11.1. The van der Waals surface area contributed by atoms with Gasteiger partial charge in [-0.3, -0.25) is 5.32 Å². The summed E-state index contributed by atoms with van der Waals surface area (Å²) < 4.78 is 4.75. The Kier molecular flexibility index (Phi) is 3.29. The normalized spacial score (nSPS) is 9.29. The molecule has 0 bridgehead atoms. The van der Waals surface area contributed by atoms with E-state index in [0.717, 1.165) is 11.3 Å². The second kappa shape index (κ2) is 4.46. The van der Waals surface area contributed by atoms with Gasteiger partial charge in [0, 0.05) is 5.69 Å². The Bertz CT molecular complexity index is 358. The van der Waals surface area contributed by atoms with Crippen molar-refractivity contribution in [3.8, 4) is 0 Å². The molecule has 0 aliphatic heterocycles. The lowest BCUT2D eigenvalue weighted by molar-refractivity contribution is 0.192. The summed E-state index contributed by atoms with van der Waals surface area (Å²) in [5, 5.41) is 2.59. The lowest BCUT2D eigenvalue weighted by Crippen LogP contribution is -2.12. The molecule has 0 radical (unpaired) electrons. The second-order valence-electron chi connectivity index (χ2n) is 3.09. The topological polar surface area (TPSA) is 38.3 Å². The maximum absolute atomic E-state index is 11.1. The van der Waals surface area contributed by atoms with E-state index in [9.17, 15) is 4.79 Å². The van der Waals surface area contributed by atoms with E-state index in [4.69, 9.17) is 4.74 Å². The molecule has 1 aromatic carbocycles. The van der Waals surface area contributed by atoms with Crippen molar-refractivity contribution in [1.29, 1.82) is 0 Å². The van der Waals surface area contributed by atoms with Gasteiger partial charge in [0.15, 0.2) is 0 Å². The van der Waals surface area contributed by atoms with Crippen molar-refractivity contribution in [1.82, 2.24) is 0 Å². The zero-order valence-corrected chi connectivity index (χ0v) is 8.33. The smallest absolute Gasteiger partial charge is 0.416 e. The van der Waals surface area contributed by atoms with Gasteiger partial charge in [-0.15, -0.1) is 0 Å². The Morgan fingerprint density at radius 3 is 2.79 bits per heavy atom. The van der Waals surface area contributed by atoms with Crippen molar-refractivity contribution in [2.75, 3.05) is 5.32 Å². The van der Waals surface area contributed by atoms with E-state index in [0.29, 0.717) is 5.76 Å². The molecule has 74 valence electrons. The summed E-state index contributed by atoms with van der Waals surface area (Å²) in [5.41, 5.74) is 1.80. The van der Waals surface area contributed by atoms with Crippen LogP contribution in [-0.2, 0) is 4.74 Å². The molecule has 3 heteroatoms. The van der Waals surface area contributed by atoms with Gasteiger partial charge in [0.1, 0.15) is 0 Å². The molecular formula is C11H13NO2. The van der Waals surface area contributed by atoms with Gasteiger partial charge in [-0.2, -0.15) is 0 Å². The Balaban J connectivity index is 2.60. The zero-order chi connectivity index (χ0) is 10.6. The van der Waals surface area contributed by atoms with Crippen LogP contribution < -0.4 is 5.32 Å². The second-order valence-corrected chi connectivity index (χ2v) is 3.09. The van der Waals surface area contributed by atoms with Crippen LogP contribution in [0.1, 0.15) is 12.5 Å². The monoisotopic (exact) mass is 191 g/mol. The Hall–Kier alpha value is -1.77. The van der Waals surface area contributed by atoms with Gasteiger partial charge in [0.2, 0.25) is 0 Å². The summed E-state index contributed by atoms with van der Waals surface area (Å²) in [6, 6.07) is 7.48. The number of hydrogen-bond donors (Lipinski definition) is 1. The van der Waals surface area contributed by atoms with Gasteiger partial charge in [-0.05, 0) is 31.5 Å². The Morgan fingerprint density at radius 2 is 2.21 bits per heavy atom. The molecule has 0 atom stereocenters. The van der Waals surface area contributed by atoms with E-state index in [-0.39, 0.29) is 0 Å². The molecule has 0 aliphatic rings. The number of hydrogen-bond acceptors (Lipinski definition) is 2. The highest BCUT2D eigenvalue weighted by atomic mass is 16.6. The number of benzene rings is 1. The van der Waals surface area contributed by atoms with E-state index in [1.807, 2.05) is 25.1 Å². The van der Waals surface area contributed by atoms with E-state index >= 15 is 0 Å². The van der Waals surface area contributed by atoms with Crippen LogP contribution in [0.3, 0.4) is 0 Å². The summed E-state index contributed by atoms with van der Waals surface area (Å²) in [7, 11) is 0. The highest BCUT2D eigenvalue weighted by molar-refractivity contribution is 5.85. The molecule has 0 spiro atoms. The van der Waals surface area contributed by atoms with Crippen LogP contribution in [0, 0.1) is 6.92 Å². The maximum Gasteiger partial charge on any atom is 0.416 e. The minimum Gasteiger partial charge on any atom is -0.416 e. The first-order chi connectivity index (χ1) is 6.58. The number of aryl methyl sites for hydroxylation is 1. The third-order valence-corrected chi connectivity index (χ3v) is 1.53. The van der Waals surface area contributed by atoms with E-state index < -0.39 is 6.09 Å². The molecular weight excluding hydrogens is 178 g/mol. The summed E-state index contributed by atoms with van der Waals surface area (Å²) in [6.07, 6.45) is -0.511. The fraction of sp³-hybridized carbons (Fsp3) is 0.182. The first kappa shape index (κ1) is 10.3. The average molecular weight is 191 g/mol. The third-order valence-electron chi connectivity index (χ3n) is 1.53. The van der Waals surface area contributed by atoms with Crippen molar-refractivity contribution in [2.24, 2.45) is 0 Å². The number of anilines is 1. The average Bonchev–Trinajstić information content (AvgIpc) is 2.01. The number of allylic oxidation sites excluding steroid dienone is 1. The molecule has 0 saturated carbocycles. The van der Waals surface area contributed by atoms with Gasteiger partial charge in [0.05, 0.1) is 5.76 Å². The lowest BCUT2D eigenvalue weighted by atomic mass is 10.2. The van der Waals surface area contributed by atoms with Crippen molar-refractivity contribution < 1.29 is 9.53 Å². The van der Waals surface area contributed by atoms with Gasteiger partial charge in [0.25, 0.3) is 0 Å². The first-order valence-corrected chi connectivity index (χ1v) is 4.29.